The average molecular weight is 1400 g/mol. The summed E-state index contributed by atoms with van der Waals surface area (Å²) in [5.74, 6) is 0.184. The topological polar surface area (TPSA) is 237 Å². The Morgan fingerprint density at radius 1 is 0.305 bits per heavy atom. The quantitative estimate of drug-likeness (QED) is 0.0222. The second-order valence-electron chi connectivity index (χ2n) is 28.6. The van der Waals surface area contributed by atoms with E-state index in [-0.39, 0.29) is 25.7 Å². The van der Waals surface area contributed by atoms with Crippen molar-refractivity contribution in [2.24, 2.45) is 17.8 Å². The van der Waals surface area contributed by atoms with Crippen LogP contribution in [0.3, 0.4) is 0 Å². The van der Waals surface area contributed by atoms with Crippen molar-refractivity contribution in [2.75, 3.05) is 39.6 Å². The summed E-state index contributed by atoms with van der Waals surface area (Å²) >= 11 is 0. The third-order valence-electron chi connectivity index (χ3n) is 18.0. The normalized spacial score (nSPS) is 14.4. The number of unbranched alkanes of at least 4 members (excludes halogenated alkanes) is 41. The van der Waals surface area contributed by atoms with Crippen molar-refractivity contribution in [3.8, 4) is 0 Å². The molecule has 17 nitrogen and oxygen atoms in total. The molecule has 0 aliphatic rings. The van der Waals surface area contributed by atoms with E-state index in [1.807, 2.05) is 0 Å². The number of carbonyl (C=O) groups is 4. The zero-order valence-corrected chi connectivity index (χ0v) is 63.9. The van der Waals surface area contributed by atoms with Gasteiger partial charge in [-0.15, -0.1) is 0 Å². The van der Waals surface area contributed by atoms with Gasteiger partial charge in [-0.2, -0.15) is 0 Å². The van der Waals surface area contributed by atoms with E-state index in [1.165, 1.54) is 193 Å². The molecule has 3 unspecified atom stereocenters. The van der Waals surface area contributed by atoms with Gasteiger partial charge in [-0.05, 0) is 43.4 Å². The maximum absolute atomic E-state index is 13.1. The minimum absolute atomic E-state index is 0.106. The Hall–Kier alpha value is -1.94. The van der Waals surface area contributed by atoms with Crippen molar-refractivity contribution >= 4 is 39.5 Å². The third-order valence-corrected chi connectivity index (χ3v) is 19.9. The van der Waals surface area contributed by atoms with Crippen molar-refractivity contribution in [3.05, 3.63) is 0 Å². The van der Waals surface area contributed by atoms with Crippen molar-refractivity contribution < 1.29 is 80.2 Å². The van der Waals surface area contributed by atoms with Crippen LogP contribution >= 0.6 is 15.6 Å². The molecule has 0 amide bonds. The Kier molecular flexibility index (Phi) is 65.2. The zero-order valence-electron chi connectivity index (χ0n) is 62.1. The molecular formula is C76H148O17P2. The fraction of sp³-hybridized carbons (Fsp3) is 0.947. The summed E-state index contributed by atoms with van der Waals surface area (Å²) in [5.41, 5.74) is 0. The third kappa shape index (κ3) is 69.0. The monoisotopic (exact) mass is 1400 g/mol. The lowest BCUT2D eigenvalue weighted by molar-refractivity contribution is -0.161. The van der Waals surface area contributed by atoms with Crippen molar-refractivity contribution in [1.29, 1.82) is 0 Å². The van der Waals surface area contributed by atoms with Crippen LogP contribution in [0.25, 0.3) is 0 Å². The Labute approximate surface area is 581 Å². The summed E-state index contributed by atoms with van der Waals surface area (Å²) in [6.45, 7) is 11.9. The van der Waals surface area contributed by atoms with E-state index in [0.29, 0.717) is 31.6 Å². The van der Waals surface area contributed by atoms with Gasteiger partial charge in [0.05, 0.1) is 26.4 Å². The number of rotatable bonds is 74. The van der Waals surface area contributed by atoms with Crippen molar-refractivity contribution in [2.45, 2.75) is 407 Å². The van der Waals surface area contributed by atoms with E-state index >= 15 is 0 Å². The number of esters is 4. The lowest BCUT2D eigenvalue weighted by atomic mass is 9.99. The van der Waals surface area contributed by atoms with E-state index in [9.17, 15) is 43.2 Å². The fourth-order valence-electron chi connectivity index (χ4n) is 11.6. The molecule has 0 aromatic rings. The summed E-state index contributed by atoms with van der Waals surface area (Å²) in [4.78, 5) is 72.7. The van der Waals surface area contributed by atoms with Gasteiger partial charge < -0.3 is 33.8 Å². The molecule has 0 spiro atoms. The second-order valence-corrected chi connectivity index (χ2v) is 31.5. The Bertz CT molecular complexity index is 1850. The van der Waals surface area contributed by atoms with Crippen molar-refractivity contribution in [3.63, 3.8) is 0 Å². The molecule has 0 saturated carbocycles. The predicted octanol–water partition coefficient (Wildman–Crippen LogP) is 22.2. The van der Waals surface area contributed by atoms with Crippen LogP contribution in [-0.4, -0.2) is 96.7 Å². The molecule has 564 valence electrons. The lowest BCUT2D eigenvalue weighted by Gasteiger charge is -2.21. The number of aliphatic hydroxyl groups is 1. The van der Waals surface area contributed by atoms with Crippen LogP contribution in [0.5, 0.6) is 0 Å². The van der Waals surface area contributed by atoms with E-state index < -0.39 is 97.5 Å². The van der Waals surface area contributed by atoms with Gasteiger partial charge in [0.2, 0.25) is 0 Å². The summed E-state index contributed by atoms with van der Waals surface area (Å²) < 4.78 is 68.5. The molecule has 6 atom stereocenters. The van der Waals surface area contributed by atoms with Crippen LogP contribution < -0.4 is 0 Å². The lowest BCUT2D eigenvalue weighted by Crippen LogP contribution is -2.30. The molecule has 0 saturated heterocycles. The summed E-state index contributed by atoms with van der Waals surface area (Å²) in [6.07, 6.45) is 52.8. The van der Waals surface area contributed by atoms with Crippen LogP contribution in [0.4, 0.5) is 0 Å². The number of carbonyl (C=O) groups excluding carboxylic acids is 4. The molecule has 0 aliphatic heterocycles. The van der Waals surface area contributed by atoms with Gasteiger partial charge in [0.25, 0.3) is 0 Å². The number of aliphatic hydroxyl groups excluding tert-OH is 1. The Balaban J connectivity index is 5.20. The molecule has 0 rings (SSSR count). The minimum Gasteiger partial charge on any atom is -0.462 e. The number of phosphoric ester groups is 2. The summed E-state index contributed by atoms with van der Waals surface area (Å²) in [6, 6.07) is 0. The molecule has 0 bridgehead atoms. The number of phosphoric acid groups is 2. The number of hydrogen-bond donors (Lipinski definition) is 3. The van der Waals surface area contributed by atoms with Gasteiger partial charge in [0, 0.05) is 25.7 Å². The average Bonchev–Trinajstić information content (AvgIpc) is 2.46. The van der Waals surface area contributed by atoms with E-state index in [4.69, 9.17) is 37.0 Å². The number of hydrogen-bond acceptors (Lipinski definition) is 15. The SMILES string of the molecule is CCCCCCCCCCCCCCC(=O)O[C@H](COC(=O)CCCCCCCCCC(C)C)COP(=O)(O)OC[C@H](O)COP(=O)(O)OC[C@@H](COC(=O)CCCCCCCCCCC(C)CC)OC(=O)CCCCCCCCCCCCCCCCCCCCC(C)C. The predicted molar refractivity (Wildman–Crippen MR) is 386 cm³/mol. The molecule has 0 heterocycles. The minimum atomic E-state index is -4.96. The molecule has 95 heavy (non-hydrogen) atoms. The second kappa shape index (κ2) is 66.6. The molecule has 0 fully saturated rings. The molecular weight excluding hydrogens is 1250 g/mol. The smallest absolute Gasteiger partial charge is 0.462 e. The Morgan fingerprint density at radius 3 is 0.800 bits per heavy atom. The molecule has 0 aromatic carbocycles. The first-order valence-corrected chi connectivity index (χ1v) is 42.4. The highest BCUT2D eigenvalue weighted by Gasteiger charge is 2.30. The molecule has 0 radical (unpaired) electrons. The van der Waals surface area contributed by atoms with Crippen LogP contribution in [0, 0.1) is 17.8 Å². The first-order valence-electron chi connectivity index (χ1n) is 39.4. The summed E-state index contributed by atoms with van der Waals surface area (Å²) in [7, 11) is -9.91. The van der Waals surface area contributed by atoms with Gasteiger partial charge in [0.1, 0.15) is 19.3 Å². The highest BCUT2D eigenvalue weighted by Crippen LogP contribution is 2.45. The van der Waals surface area contributed by atoms with Crippen LogP contribution in [0.1, 0.15) is 389 Å². The first-order chi connectivity index (χ1) is 45.8. The summed E-state index contributed by atoms with van der Waals surface area (Å²) in [5, 5.41) is 10.6. The van der Waals surface area contributed by atoms with Gasteiger partial charge in [-0.1, -0.05) is 337 Å². The largest absolute Gasteiger partial charge is 0.472 e. The highest BCUT2D eigenvalue weighted by molar-refractivity contribution is 7.47. The van der Waals surface area contributed by atoms with Crippen molar-refractivity contribution in [1.82, 2.24) is 0 Å². The molecule has 3 N–H and O–H groups in total. The molecule has 0 aliphatic carbocycles. The van der Waals surface area contributed by atoms with E-state index in [1.54, 1.807) is 0 Å². The highest BCUT2D eigenvalue weighted by atomic mass is 31.2. The van der Waals surface area contributed by atoms with E-state index in [0.717, 1.165) is 108 Å². The van der Waals surface area contributed by atoms with Crippen LogP contribution in [0.2, 0.25) is 0 Å². The van der Waals surface area contributed by atoms with Gasteiger partial charge in [0.15, 0.2) is 12.2 Å². The van der Waals surface area contributed by atoms with Crippen LogP contribution in [0.15, 0.2) is 0 Å². The molecule has 19 heteroatoms. The van der Waals surface area contributed by atoms with E-state index in [2.05, 4.69) is 48.5 Å². The zero-order chi connectivity index (χ0) is 70.1. The van der Waals surface area contributed by atoms with Gasteiger partial charge >= 0.3 is 39.5 Å². The first kappa shape index (κ1) is 93.1. The van der Waals surface area contributed by atoms with Gasteiger partial charge in [-0.25, -0.2) is 9.13 Å². The maximum atomic E-state index is 13.1. The van der Waals surface area contributed by atoms with Gasteiger partial charge in [-0.3, -0.25) is 37.3 Å². The maximum Gasteiger partial charge on any atom is 0.472 e. The molecule has 0 aromatic heterocycles. The number of ether oxygens (including phenoxy) is 4. The Morgan fingerprint density at radius 2 is 0.537 bits per heavy atom. The fourth-order valence-corrected chi connectivity index (χ4v) is 13.1. The standard InChI is InChI=1S/C76H148O17P2/c1-8-10-11-12-13-14-15-25-28-37-45-52-59-75(80)93-72(64-87-74(79)58-51-44-39-32-34-41-48-55-68(5)6)66-91-95(84,85)89-62-70(77)61-88-94(82,83)90-65-71(63-86-73(78)57-50-43-36-31-30-35-42-49-56-69(7)9-2)92-76(81)60-53-46-38-29-26-23-21-19-17-16-18-20-22-24-27-33-40-47-54-67(3)4/h67-72,77H,8-66H2,1-7H3,(H,82,83)(H,84,85)/t69?,70-,71-,72-/m1/s1. The van der Waals surface area contributed by atoms with Crippen LogP contribution in [-0.2, 0) is 65.4 Å².